The average Bonchev–Trinajstić information content (AvgIpc) is 3.69. The van der Waals surface area contributed by atoms with Crippen LogP contribution in [0.15, 0.2) is 84.0 Å². The number of methoxy groups -OCH3 is 1. The van der Waals surface area contributed by atoms with E-state index in [1.807, 2.05) is 72.5 Å². The first-order valence-electron chi connectivity index (χ1n) is 17.6. The van der Waals surface area contributed by atoms with Gasteiger partial charge in [0.15, 0.2) is 0 Å². The molecule has 1 saturated heterocycles. The molecule has 5 aromatic rings. The maximum atomic E-state index is 14.9. The maximum Gasteiger partial charge on any atom is 0.255 e. The number of nitrogens with zero attached hydrogens (tertiary/aromatic N) is 4. The highest BCUT2D eigenvalue weighted by atomic mass is 35.5. The van der Waals surface area contributed by atoms with Gasteiger partial charge in [-0.25, -0.2) is 4.98 Å². The van der Waals surface area contributed by atoms with Crippen LogP contribution in [0.1, 0.15) is 76.5 Å². The fourth-order valence-electron chi connectivity index (χ4n) is 7.47. The molecule has 2 heterocycles. The lowest BCUT2D eigenvalue weighted by Crippen LogP contribution is -2.38. The molecule has 0 saturated carbocycles. The van der Waals surface area contributed by atoms with Crippen molar-refractivity contribution in [3.05, 3.63) is 123 Å². The van der Waals surface area contributed by atoms with Crippen LogP contribution in [-0.4, -0.2) is 69.4 Å². The van der Waals surface area contributed by atoms with Crippen molar-refractivity contribution < 1.29 is 13.7 Å². The average molecular weight is 757 g/mol. The second kappa shape index (κ2) is 17.1. The van der Waals surface area contributed by atoms with Crippen LogP contribution in [0.3, 0.4) is 0 Å². The van der Waals surface area contributed by atoms with Crippen LogP contribution in [0.4, 0.5) is 0 Å². The molecule has 1 aliphatic rings. The number of rotatable bonds is 13. The molecule has 0 radical (unpaired) electrons. The molecule has 2 atom stereocenters. The van der Waals surface area contributed by atoms with Gasteiger partial charge in [0.2, 0.25) is 0 Å². The minimum Gasteiger partial charge on any atom is -0.497 e. The van der Waals surface area contributed by atoms with E-state index in [0.717, 1.165) is 77.0 Å². The van der Waals surface area contributed by atoms with E-state index in [1.165, 1.54) is 0 Å². The number of carbonyl (C=O) groups is 1. The highest BCUT2D eigenvalue weighted by molar-refractivity contribution is 7.84. The van der Waals surface area contributed by atoms with E-state index in [0.29, 0.717) is 45.9 Å². The highest BCUT2D eigenvalue weighted by Crippen LogP contribution is 2.36. The van der Waals surface area contributed by atoms with Gasteiger partial charge in [0.05, 0.1) is 51.7 Å². The van der Waals surface area contributed by atoms with Gasteiger partial charge in [-0.2, -0.15) is 5.26 Å². The van der Waals surface area contributed by atoms with Crippen LogP contribution in [0.5, 0.6) is 5.75 Å². The first kappa shape index (κ1) is 37.6. The topological polar surface area (TPSA) is 102 Å². The van der Waals surface area contributed by atoms with E-state index in [2.05, 4.69) is 27.0 Å². The van der Waals surface area contributed by atoms with Crippen LogP contribution in [0.2, 0.25) is 10.0 Å². The number of benzene rings is 4. The van der Waals surface area contributed by atoms with Gasteiger partial charge in [-0.3, -0.25) is 9.00 Å². The number of piperidine rings is 1. The quantitative estimate of drug-likeness (QED) is 0.129. The molecule has 1 aromatic heterocycles. The third kappa shape index (κ3) is 8.37. The first-order chi connectivity index (χ1) is 25.2. The molecule has 8 nitrogen and oxygen atoms in total. The Morgan fingerprint density at radius 2 is 1.90 bits per heavy atom. The smallest absolute Gasteiger partial charge is 0.255 e. The van der Waals surface area contributed by atoms with Crippen LogP contribution < -0.4 is 4.74 Å². The summed E-state index contributed by atoms with van der Waals surface area (Å²) in [6.45, 7) is 5.29. The zero-order chi connectivity index (χ0) is 36.8. The van der Waals surface area contributed by atoms with Gasteiger partial charge in [0, 0.05) is 36.0 Å². The number of hydrogen-bond donors (Lipinski definition) is 1. The predicted molar refractivity (Wildman–Crippen MR) is 209 cm³/mol. The van der Waals surface area contributed by atoms with Crippen molar-refractivity contribution in [2.24, 2.45) is 0 Å². The molecule has 0 aliphatic carbocycles. The Kier molecular flexibility index (Phi) is 12.3. The highest BCUT2D eigenvalue weighted by Gasteiger charge is 2.29. The summed E-state index contributed by atoms with van der Waals surface area (Å²) in [7, 11) is 0.515. The number of aromatic nitrogens is 2. The molecular weight excluding hydrogens is 713 g/mol. The third-order valence-electron chi connectivity index (χ3n) is 10.2. The lowest BCUT2D eigenvalue weighted by atomic mass is 9.88. The van der Waals surface area contributed by atoms with E-state index in [9.17, 15) is 14.3 Å². The van der Waals surface area contributed by atoms with Crippen LogP contribution in [0, 0.1) is 11.3 Å². The summed E-state index contributed by atoms with van der Waals surface area (Å²) >= 11 is 13.0. The summed E-state index contributed by atoms with van der Waals surface area (Å²) in [4.78, 5) is 27.7. The Morgan fingerprint density at radius 1 is 1.12 bits per heavy atom. The van der Waals surface area contributed by atoms with Crippen molar-refractivity contribution in [3.63, 3.8) is 0 Å². The van der Waals surface area contributed by atoms with Gasteiger partial charge in [0.25, 0.3) is 5.91 Å². The standard InChI is InChI=1S/C41H43Cl2N5O3S/c1-4-33-31(24-44)21-29-7-5-6-8-35(29)40(33)41(49)48(26-39-45-16-17-46-39)25-30(28-9-12-36(42)37(43)22-28)15-20-47-18-13-27(14-19-47)34-11-10-32(51-2)23-38(34)52(3)50/h5-12,16-17,21-23,27,30H,4,13-15,18-20,25-26H2,1-3H3,(H,45,46). The normalized spacial score (nSPS) is 14.9. The molecule has 1 aliphatic heterocycles. The number of likely N-dealkylation sites (tertiary alicyclic amines) is 1. The predicted octanol–water partition coefficient (Wildman–Crippen LogP) is 8.75. The Hall–Kier alpha value is -4.20. The Balaban J connectivity index is 1.28. The first-order valence-corrected chi connectivity index (χ1v) is 19.9. The van der Waals surface area contributed by atoms with E-state index in [1.54, 1.807) is 25.8 Å². The fourth-order valence-corrected chi connectivity index (χ4v) is 8.63. The number of imidazole rings is 1. The van der Waals surface area contributed by atoms with Crippen LogP contribution in [0.25, 0.3) is 10.8 Å². The van der Waals surface area contributed by atoms with Gasteiger partial charge in [-0.1, -0.05) is 66.5 Å². The van der Waals surface area contributed by atoms with Crippen LogP contribution >= 0.6 is 23.2 Å². The largest absolute Gasteiger partial charge is 0.497 e. The molecule has 52 heavy (non-hydrogen) atoms. The lowest BCUT2D eigenvalue weighted by molar-refractivity contribution is 0.0723. The molecular formula is C41H43Cl2N5O3S. The summed E-state index contributed by atoms with van der Waals surface area (Å²) in [5.74, 6) is 1.50. The van der Waals surface area contributed by atoms with Crippen molar-refractivity contribution in [3.8, 4) is 11.8 Å². The third-order valence-corrected chi connectivity index (χ3v) is 11.9. The van der Waals surface area contributed by atoms with E-state index < -0.39 is 10.8 Å². The second-order valence-corrected chi connectivity index (χ2v) is 15.5. The van der Waals surface area contributed by atoms with Gasteiger partial charge < -0.3 is 19.5 Å². The zero-order valence-corrected chi connectivity index (χ0v) is 32.0. The fraction of sp³-hybridized carbons (Fsp3) is 0.341. The van der Waals surface area contributed by atoms with Crippen molar-refractivity contribution in [1.82, 2.24) is 19.8 Å². The molecule has 1 N–H and O–H groups in total. The summed E-state index contributed by atoms with van der Waals surface area (Å²) in [5, 5.41) is 12.7. The number of ether oxygens (including phenoxy) is 1. The summed E-state index contributed by atoms with van der Waals surface area (Å²) in [5.41, 5.74) is 3.96. The zero-order valence-electron chi connectivity index (χ0n) is 29.7. The number of nitrogens with one attached hydrogen (secondary N) is 1. The van der Waals surface area contributed by atoms with E-state index in [-0.39, 0.29) is 18.4 Å². The van der Waals surface area contributed by atoms with Gasteiger partial charge in [-0.15, -0.1) is 0 Å². The number of aromatic amines is 1. The monoisotopic (exact) mass is 755 g/mol. The molecule has 6 rings (SSSR count). The summed E-state index contributed by atoms with van der Waals surface area (Å²) in [6.07, 6.45) is 8.40. The Labute approximate surface area is 318 Å². The number of H-pyrrole nitrogens is 1. The van der Waals surface area contributed by atoms with E-state index in [4.69, 9.17) is 27.9 Å². The van der Waals surface area contributed by atoms with Crippen molar-refractivity contribution in [2.75, 3.05) is 39.5 Å². The number of halogens is 2. The Bertz CT molecular complexity index is 2110. The van der Waals surface area contributed by atoms with Crippen LogP contribution in [-0.2, 0) is 23.8 Å². The van der Waals surface area contributed by atoms with Crippen molar-refractivity contribution in [1.29, 1.82) is 5.26 Å². The molecule has 270 valence electrons. The molecule has 0 bridgehead atoms. The van der Waals surface area contributed by atoms with Gasteiger partial charge in [0.1, 0.15) is 11.6 Å². The molecule has 0 spiro atoms. The van der Waals surface area contributed by atoms with Crippen molar-refractivity contribution >= 4 is 50.7 Å². The van der Waals surface area contributed by atoms with Crippen molar-refractivity contribution in [2.45, 2.75) is 55.9 Å². The number of nitriles is 1. The summed E-state index contributed by atoms with van der Waals surface area (Å²) < 4.78 is 18.0. The molecule has 2 unspecified atom stereocenters. The molecule has 11 heteroatoms. The van der Waals surface area contributed by atoms with Gasteiger partial charge >= 0.3 is 0 Å². The molecule has 1 amide bonds. The Morgan fingerprint density at radius 3 is 2.58 bits per heavy atom. The van der Waals surface area contributed by atoms with E-state index >= 15 is 0 Å². The number of carbonyl (C=O) groups excluding carboxylic acids is 1. The van der Waals surface area contributed by atoms with Gasteiger partial charge in [-0.05, 0) is 109 Å². The second-order valence-electron chi connectivity index (χ2n) is 13.3. The lowest BCUT2D eigenvalue weighted by Gasteiger charge is -2.35. The summed E-state index contributed by atoms with van der Waals surface area (Å²) in [6, 6.07) is 23.6. The minimum absolute atomic E-state index is 0.0717. The molecule has 1 fully saturated rings. The number of fused-ring (bicyclic) bond motifs is 1. The maximum absolute atomic E-state index is 14.9. The number of hydrogen-bond acceptors (Lipinski definition) is 6. The number of amides is 1. The minimum atomic E-state index is -1.11. The molecule has 4 aromatic carbocycles. The SMILES string of the molecule is CCc1c(C#N)cc2ccccc2c1C(=O)N(Cc1ncc[nH]1)CC(CCN1CCC(c2ccc(OC)cc2S(C)=O)CC1)c1ccc(Cl)c(Cl)c1.